The number of hydrogen-bond acceptors (Lipinski definition) is 7. The molecule has 0 radical (unpaired) electrons. The van der Waals surface area contributed by atoms with Crippen LogP contribution in [-0.2, 0) is 24.8 Å². The fourth-order valence-electron chi connectivity index (χ4n) is 3.67. The van der Waals surface area contributed by atoms with E-state index in [0.717, 1.165) is 17.8 Å². The number of nitrogens with zero attached hydrogens (tertiary/aromatic N) is 5. The molecule has 0 atom stereocenters. The van der Waals surface area contributed by atoms with Crippen molar-refractivity contribution in [1.29, 1.82) is 0 Å². The van der Waals surface area contributed by atoms with Crippen LogP contribution in [0, 0.1) is 5.92 Å². The molecule has 1 amide bonds. The number of rotatable bonds is 11. The standard InChI is InChI=1S/C24H33N7O3S/c1-5-6-12-30(20-21(25)31(14-16(2)3)23(34)26-22(20)33)19(32)15-35-24-28-27-18(29(24)4)13-17-10-8-7-9-11-17/h7-11,16H,5-6,12-15,25H2,1-4H3,(H,26,33,34). The molecule has 0 unspecified atom stereocenters. The van der Waals surface area contributed by atoms with Crippen molar-refractivity contribution in [2.24, 2.45) is 13.0 Å². The second kappa shape index (κ2) is 11.9. The average Bonchev–Trinajstić information content (AvgIpc) is 3.16. The molecule has 0 aliphatic heterocycles. The summed E-state index contributed by atoms with van der Waals surface area (Å²) in [4.78, 5) is 42.1. The second-order valence-electron chi connectivity index (χ2n) is 8.81. The minimum absolute atomic E-state index is 0.00529. The van der Waals surface area contributed by atoms with Crippen molar-refractivity contribution in [3.8, 4) is 0 Å². The predicted octanol–water partition coefficient (Wildman–Crippen LogP) is 2.42. The summed E-state index contributed by atoms with van der Waals surface area (Å²) in [7, 11) is 1.87. The SMILES string of the molecule is CCCCN(C(=O)CSc1nnc(Cc2ccccc2)n1C)c1c(N)n(CC(C)C)c(=O)[nH]c1=O. The maximum Gasteiger partial charge on any atom is 0.330 e. The number of thioether (sulfide) groups is 1. The number of nitrogen functional groups attached to an aromatic ring is 1. The molecule has 0 aliphatic carbocycles. The molecular formula is C24H33N7O3S. The number of nitrogens with one attached hydrogen (secondary N) is 1. The highest BCUT2D eigenvalue weighted by Crippen LogP contribution is 2.22. The van der Waals surface area contributed by atoms with Crippen molar-refractivity contribution in [1.82, 2.24) is 24.3 Å². The number of carbonyl (C=O) groups is 1. The van der Waals surface area contributed by atoms with Gasteiger partial charge in [0.1, 0.15) is 11.6 Å². The second-order valence-corrected chi connectivity index (χ2v) is 9.75. The van der Waals surface area contributed by atoms with Crippen LogP contribution < -0.4 is 21.9 Å². The van der Waals surface area contributed by atoms with Crippen LogP contribution in [0.2, 0.25) is 0 Å². The zero-order chi connectivity index (χ0) is 25.5. The highest BCUT2D eigenvalue weighted by Gasteiger charge is 2.25. The van der Waals surface area contributed by atoms with Crippen LogP contribution in [-0.4, -0.2) is 42.5 Å². The Kier molecular flexibility index (Phi) is 8.91. The molecule has 0 aliphatic rings. The number of amides is 1. The van der Waals surface area contributed by atoms with E-state index in [1.54, 1.807) is 0 Å². The maximum absolute atomic E-state index is 13.3. The molecule has 3 N–H and O–H groups in total. The number of nitrogens with two attached hydrogens (primary N) is 1. The average molecular weight is 500 g/mol. The monoisotopic (exact) mass is 499 g/mol. The molecule has 3 aromatic rings. The van der Waals surface area contributed by atoms with Crippen LogP contribution in [0.5, 0.6) is 0 Å². The van der Waals surface area contributed by atoms with Crippen LogP contribution in [0.25, 0.3) is 0 Å². The molecule has 0 saturated carbocycles. The zero-order valence-electron chi connectivity index (χ0n) is 20.7. The molecule has 11 heteroatoms. The van der Waals surface area contributed by atoms with Crippen molar-refractivity contribution < 1.29 is 4.79 Å². The van der Waals surface area contributed by atoms with Crippen LogP contribution in [0.15, 0.2) is 45.1 Å². The third-order valence-electron chi connectivity index (χ3n) is 5.52. The highest BCUT2D eigenvalue weighted by molar-refractivity contribution is 7.99. The van der Waals surface area contributed by atoms with Gasteiger partial charge in [0, 0.05) is 26.6 Å². The third-order valence-corrected chi connectivity index (χ3v) is 6.53. The van der Waals surface area contributed by atoms with Crippen molar-refractivity contribution in [3.05, 3.63) is 62.6 Å². The van der Waals surface area contributed by atoms with Crippen LogP contribution in [0.1, 0.15) is 45.0 Å². The minimum Gasteiger partial charge on any atom is -0.383 e. The lowest BCUT2D eigenvalue weighted by atomic mass is 10.1. The summed E-state index contributed by atoms with van der Waals surface area (Å²) in [5.74, 6) is 0.678. The molecule has 3 rings (SSSR count). The number of H-pyrrole nitrogens is 1. The van der Waals surface area contributed by atoms with Crippen molar-refractivity contribution in [2.45, 2.75) is 51.7 Å². The van der Waals surface area contributed by atoms with Gasteiger partial charge in [0.25, 0.3) is 5.56 Å². The van der Waals surface area contributed by atoms with E-state index in [0.29, 0.717) is 31.1 Å². The summed E-state index contributed by atoms with van der Waals surface area (Å²) in [6.45, 7) is 6.54. The first kappa shape index (κ1) is 26.3. The van der Waals surface area contributed by atoms with Gasteiger partial charge in [-0.1, -0.05) is 69.3 Å². The first-order valence-corrected chi connectivity index (χ1v) is 12.7. The Labute approximate surface area is 208 Å². The lowest BCUT2D eigenvalue weighted by molar-refractivity contribution is -0.116. The minimum atomic E-state index is -0.661. The number of carbonyl (C=O) groups excluding carboxylic acids is 1. The fraction of sp³-hybridized carbons (Fsp3) is 0.458. The number of anilines is 2. The quantitative estimate of drug-likeness (QED) is 0.387. The number of benzene rings is 1. The van der Waals surface area contributed by atoms with E-state index < -0.39 is 11.2 Å². The predicted molar refractivity (Wildman–Crippen MR) is 139 cm³/mol. The van der Waals surface area contributed by atoms with E-state index in [9.17, 15) is 14.4 Å². The Bertz CT molecular complexity index is 1260. The normalized spacial score (nSPS) is 11.2. The van der Waals surface area contributed by atoms with Gasteiger partial charge in [-0.25, -0.2) is 4.79 Å². The molecule has 188 valence electrons. The van der Waals surface area contributed by atoms with Gasteiger partial charge in [-0.3, -0.25) is 19.1 Å². The molecule has 2 heterocycles. The van der Waals surface area contributed by atoms with Crippen LogP contribution >= 0.6 is 11.8 Å². The fourth-order valence-corrected chi connectivity index (χ4v) is 4.48. The number of hydrogen-bond donors (Lipinski definition) is 2. The first-order valence-electron chi connectivity index (χ1n) is 11.7. The lowest BCUT2D eigenvalue weighted by Gasteiger charge is -2.24. The van der Waals surface area contributed by atoms with Crippen molar-refractivity contribution >= 4 is 29.2 Å². The summed E-state index contributed by atoms with van der Waals surface area (Å²) < 4.78 is 3.19. The third kappa shape index (κ3) is 6.41. The van der Waals surface area contributed by atoms with E-state index in [1.165, 1.54) is 21.2 Å². The molecule has 2 aromatic heterocycles. The lowest BCUT2D eigenvalue weighted by Crippen LogP contribution is -2.42. The van der Waals surface area contributed by atoms with Gasteiger partial charge in [-0.15, -0.1) is 10.2 Å². The van der Waals surface area contributed by atoms with Gasteiger partial charge in [-0.2, -0.15) is 0 Å². The molecule has 35 heavy (non-hydrogen) atoms. The van der Waals surface area contributed by atoms with E-state index >= 15 is 0 Å². The first-order chi connectivity index (χ1) is 16.7. The Hall–Kier alpha value is -3.34. The number of unbranched alkanes of at least 4 members (excludes halogenated alkanes) is 1. The van der Waals surface area contributed by atoms with Crippen LogP contribution in [0.3, 0.4) is 0 Å². The topological polar surface area (TPSA) is 132 Å². The summed E-state index contributed by atoms with van der Waals surface area (Å²) in [5.41, 5.74) is 6.17. The summed E-state index contributed by atoms with van der Waals surface area (Å²) in [6.07, 6.45) is 2.14. The Balaban J connectivity index is 1.82. The number of aromatic amines is 1. The molecule has 0 saturated heterocycles. The molecule has 0 fully saturated rings. The zero-order valence-corrected chi connectivity index (χ0v) is 21.5. The number of aromatic nitrogens is 5. The van der Waals surface area contributed by atoms with Gasteiger partial charge < -0.3 is 15.2 Å². The van der Waals surface area contributed by atoms with Crippen molar-refractivity contribution in [2.75, 3.05) is 22.9 Å². The molecule has 0 spiro atoms. The van der Waals surface area contributed by atoms with Gasteiger partial charge in [0.05, 0.1) is 5.75 Å². The highest BCUT2D eigenvalue weighted by atomic mass is 32.2. The van der Waals surface area contributed by atoms with Crippen molar-refractivity contribution in [3.63, 3.8) is 0 Å². The Morgan fingerprint density at radius 1 is 1.20 bits per heavy atom. The molecular weight excluding hydrogens is 466 g/mol. The van der Waals surface area contributed by atoms with Gasteiger partial charge in [0.15, 0.2) is 10.8 Å². The largest absolute Gasteiger partial charge is 0.383 e. The maximum atomic E-state index is 13.3. The van der Waals surface area contributed by atoms with E-state index in [1.807, 2.05) is 62.7 Å². The Morgan fingerprint density at radius 3 is 2.57 bits per heavy atom. The smallest absolute Gasteiger partial charge is 0.330 e. The van der Waals surface area contributed by atoms with Gasteiger partial charge in [-0.05, 0) is 17.9 Å². The van der Waals surface area contributed by atoms with Crippen LogP contribution in [0.4, 0.5) is 11.5 Å². The van der Waals surface area contributed by atoms with E-state index in [-0.39, 0.29) is 29.1 Å². The molecule has 10 nitrogen and oxygen atoms in total. The Morgan fingerprint density at radius 2 is 1.91 bits per heavy atom. The molecule has 1 aromatic carbocycles. The van der Waals surface area contributed by atoms with Gasteiger partial charge in [0.2, 0.25) is 5.91 Å². The summed E-state index contributed by atoms with van der Waals surface area (Å²) in [5, 5.41) is 9.11. The summed E-state index contributed by atoms with van der Waals surface area (Å²) >= 11 is 1.25. The molecule has 0 bridgehead atoms. The van der Waals surface area contributed by atoms with E-state index in [2.05, 4.69) is 15.2 Å². The van der Waals surface area contributed by atoms with Gasteiger partial charge >= 0.3 is 5.69 Å². The summed E-state index contributed by atoms with van der Waals surface area (Å²) in [6, 6.07) is 9.96. The van der Waals surface area contributed by atoms with E-state index in [4.69, 9.17) is 5.73 Å².